The number of carbonyl (C=O) groups is 1. The van der Waals surface area contributed by atoms with Crippen molar-refractivity contribution in [2.75, 3.05) is 7.05 Å². The van der Waals surface area contributed by atoms with Crippen LogP contribution in [0, 0.1) is 0 Å². The van der Waals surface area contributed by atoms with Gasteiger partial charge >= 0.3 is 6.18 Å². The molecule has 1 saturated carbocycles. The molecule has 1 aromatic rings. The van der Waals surface area contributed by atoms with E-state index >= 15 is 0 Å². The number of hydrogen-bond acceptors (Lipinski definition) is 2. The third-order valence-electron chi connectivity index (χ3n) is 3.79. The van der Waals surface area contributed by atoms with Gasteiger partial charge in [-0.2, -0.15) is 13.2 Å². The Hall–Kier alpha value is -1.36. The SMILES string of the molecule is CN[C@]1(c2cccc(C(F)(F)F)c2)CCCCC1=O. The van der Waals surface area contributed by atoms with E-state index in [0.29, 0.717) is 18.4 Å². The topological polar surface area (TPSA) is 29.1 Å². The molecular formula is C14H16F3NO. The van der Waals surface area contributed by atoms with E-state index in [1.165, 1.54) is 6.07 Å². The number of alkyl halides is 3. The molecular weight excluding hydrogens is 255 g/mol. The molecule has 1 fully saturated rings. The van der Waals surface area contributed by atoms with Crippen molar-refractivity contribution in [3.05, 3.63) is 35.4 Å². The number of hydrogen-bond donors (Lipinski definition) is 1. The summed E-state index contributed by atoms with van der Waals surface area (Å²) in [5.74, 6) is -0.0272. The minimum Gasteiger partial charge on any atom is -0.304 e. The highest BCUT2D eigenvalue weighted by Gasteiger charge is 2.41. The standard InChI is InChI=1S/C14H16F3NO/c1-18-13(8-3-2-7-12(13)19)10-5-4-6-11(9-10)14(15,16)17/h4-6,9,18H,2-3,7-8H2,1H3/t13-/m0/s1. The van der Waals surface area contributed by atoms with Gasteiger partial charge in [-0.05, 0) is 37.6 Å². The molecule has 0 unspecified atom stereocenters. The lowest BCUT2D eigenvalue weighted by molar-refractivity contribution is -0.138. The molecule has 19 heavy (non-hydrogen) atoms. The van der Waals surface area contributed by atoms with Gasteiger partial charge in [-0.1, -0.05) is 18.6 Å². The summed E-state index contributed by atoms with van der Waals surface area (Å²) < 4.78 is 38.3. The van der Waals surface area contributed by atoms with E-state index in [-0.39, 0.29) is 5.78 Å². The number of benzene rings is 1. The summed E-state index contributed by atoms with van der Waals surface area (Å²) in [5.41, 5.74) is -1.26. The molecule has 0 aliphatic heterocycles. The van der Waals surface area contributed by atoms with Gasteiger partial charge in [0.25, 0.3) is 0 Å². The van der Waals surface area contributed by atoms with E-state index in [1.54, 1.807) is 13.1 Å². The van der Waals surface area contributed by atoms with Gasteiger partial charge in [0.15, 0.2) is 5.78 Å². The number of ketones is 1. The van der Waals surface area contributed by atoms with E-state index < -0.39 is 17.3 Å². The van der Waals surface area contributed by atoms with Gasteiger partial charge in [0.2, 0.25) is 0 Å². The molecule has 0 aromatic heterocycles. The Morgan fingerprint density at radius 2 is 2.00 bits per heavy atom. The number of carbonyl (C=O) groups excluding carboxylic acids is 1. The lowest BCUT2D eigenvalue weighted by Crippen LogP contribution is -2.49. The van der Waals surface area contributed by atoms with Crippen LogP contribution in [0.1, 0.15) is 36.8 Å². The lowest BCUT2D eigenvalue weighted by atomic mass is 9.75. The van der Waals surface area contributed by atoms with Crippen molar-refractivity contribution in [1.82, 2.24) is 5.32 Å². The fourth-order valence-corrected chi connectivity index (χ4v) is 2.70. The van der Waals surface area contributed by atoms with Crippen molar-refractivity contribution in [2.24, 2.45) is 0 Å². The first kappa shape index (κ1) is 14.1. The number of Topliss-reactive ketones (excluding diaryl/α,β-unsaturated/α-hetero) is 1. The van der Waals surface area contributed by atoms with Crippen LogP contribution in [0.3, 0.4) is 0 Å². The van der Waals surface area contributed by atoms with Gasteiger partial charge in [-0.3, -0.25) is 4.79 Å². The Balaban J connectivity index is 2.47. The first-order chi connectivity index (χ1) is 8.90. The van der Waals surface area contributed by atoms with Crippen LogP contribution in [0.4, 0.5) is 13.2 Å². The van der Waals surface area contributed by atoms with Gasteiger partial charge in [0.1, 0.15) is 5.54 Å². The third kappa shape index (κ3) is 2.52. The fraction of sp³-hybridized carbons (Fsp3) is 0.500. The molecule has 5 heteroatoms. The quantitative estimate of drug-likeness (QED) is 0.894. The fourth-order valence-electron chi connectivity index (χ4n) is 2.70. The maximum atomic E-state index is 12.8. The van der Waals surface area contributed by atoms with Gasteiger partial charge in [0.05, 0.1) is 5.56 Å². The summed E-state index contributed by atoms with van der Waals surface area (Å²) in [7, 11) is 1.63. The van der Waals surface area contributed by atoms with E-state index in [4.69, 9.17) is 0 Å². The molecule has 0 heterocycles. The molecule has 0 radical (unpaired) electrons. The zero-order valence-electron chi connectivity index (χ0n) is 10.7. The van der Waals surface area contributed by atoms with E-state index in [9.17, 15) is 18.0 Å². The monoisotopic (exact) mass is 271 g/mol. The van der Waals surface area contributed by atoms with Gasteiger partial charge in [-0.15, -0.1) is 0 Å². The highest BCUT2D eigenvalue weighted by Crippen LogP contribution is 2.37. The molecule has 0 spiro atoms. The molecule has 104 valence electrons. The molecule has 1 N–H and O–H groups in total. The zero-order valence-corrected chi connectivity index (χ0v) is 10.7. The summed E-state index contributed by atoms with van der Waals surface area (Å²) in [6.45, 7) is 0. The minimum atomic E-state index is -4.39. The Morgan fingerprint density at radius 3 is 2.58 bits per heavy atom. The Kier molecular flexibility index (Phi) is 3.67. The number of likely N-dealkylation sites (N-methyl/N-ethyl adjacent to an activating group) is 1. The maximum Gasteiger partial charge on any atom is 0.416 e. The van der Waals surface area contributed by atoms with Gasteiger partial charge in [0, 0.05) is 6.42 Å². The predicted octanol–water partition coefficient (Wildman–Crippen LogP) is 3.26. The van der Waals surface area contributed by atoms with Crippen molar-refractivity contribution in [1.29, 1.82) is 0 Å². The number of nitrogens with one attached hydrogen (secondary N) is 1. The molecule has 2 nitrogen and oxygen atoms in total. The Morgan fingerprint density at radius 1 is 1.26 bits per heavy atom. The van der Waals surface area contributed by atoms with Crippen molar-refractivity contribution in [3.63, 3.8) is 0 Å². The van der Waals surface area contributed by atoms with Crippen LogP contribution in [0.2, 0.25) is 0 Å². The van der Waals surface area contributed by atoms with Crippen molar-refractivity contribution < 1.29 is 18.0 Å². The third-order valence-corrected chi connectivity index (χ3v) is 3.79. The number of halogens is 3. The van der Waals surface area contributed by atoms with Crippen molar-refractivity contribution in [2.45, 2.75) is 37.4 Å². The predicted molar refractivity (Wildman–Crippen MR) is 65.7 cm³/mol. The lowest BCUT2D eigenvalue weighted by Gasteiger charge is -2.36. The summed E-state index contributed by atoms with van der Waals surface area (Å²) in [6.07, 6.45) is -1.78. The number of rotatable bonds is 2. The van der Waals surface area contributed by atoms with E-state index in [0.717, 1.165) is 25.0 Å². The maximum absolute atomic E-state index is 12.8. The molecule has 1 aliphatic rings. The van der Waals surface area contributed by atoms with Gasteiger partial charge in [-0.25, -0.2) is 0 Å². The van der Waals surface area contributed by atoms with Crippen molar-refractivity contribution in [3.8, 4) is 0 Å². The second kappa shape index (κ2) is 4.96. The molecule has 0 amide bonds. The average Bonchev–Trinajstić information content (AvgIpc) is 2.39. The smallest absolute Gasteiger partial charge is 0.304 e. The van der Waals surface area contributed by atoms with Crippen LogP contribution >= 0.6 is 0 Å². The summed E-state index contributed by atoms with van der Waals surface area (Å²) in [4.78, 5) is 12.2. The normalized spacial score (nSPS) is 24.5. The molecule has 1 aromatic carbocycles. The van der Waals surface area contributed by atoms with Crippen LogP contribution in [-0.4, -0.2) is 12.8 Å². The Labute approximate surface area is 110 Å². The summed E-state index contributed by atoms with van der Waals surface area (Å²) in [6, 6.07) is 5.06. The van der Waals surface area contributed by atoms with Crippen molar-refractivity contribution >= 4 is 5.78 Å². The molecule has 2 rings (SSSR count). The highest BCUT2D eigenvalue weighted by molar-refractivity contribution is 5.90. The molecule has 0 bridgehead atoms. The van der Waals surface area contributed by atoms with Crippen LogP contribution in [-0.2, 0) is 16.5 Å². The van der Waals surface area contributed by atoms with Crippen LogP contribution < -0.4 is 5.32 Å². The molecule has 1 atom stereocenters. The minimum absolute atomic E-state index is 0.0272. The summed E-state index contributed by atoms with van der Waals surface area (Å²) in [5, 5.41) is 2.95. The zero-order chi connectivity index (χ0) is 14.1. The first-order valence-corrected chi connectivity index (χ1v) is 6.30. The summed E-state index contributed by atoms with van der Waals surface area (Å²) >= 11 is 0. The van der Waals surface area contributed by atoms with Crippen LogP contribution in [0.15, 0.2) is 24.3 Å². The first-order valence-electron chi connectivity index (χ1n) is 6.30. The van der Waals surface area contributed by atoms with E-state index in [2.05, 4.69) is 5.32 Å². The molecule has 1 aliphatic carbocycles. The van der Waals surface area contributed by atoms with Crippen LogP contribution in [0.25, 0.3) is 0 Å². The van der Waals surface area contributed by atoms with E-state index in [1.807, 2.05) is 0 Å². The van der Waals surface area contributed by atoms with Crippen LogP contribution in [0.5, 0.6) is 0 Å². The largest absolute Gasteiger partial charge is 0.416 e. The molecule has 0 saturated heterocycles. The Bertz CT molecular complexity index is 484. The second-order valence-corrected chi connectivity index (χ2v) is 4.86. The average molecular weight is 271 g/mol. The van der Waals surface area contributed by atoms with Gasteiger partial charge < -0.3 is 5.32 Å². The highest BCUT2D eigenvalue weighted by atomic mass is 19.4. The second-order valence-electron chi connectivity index (χ2n) is 4.86.